The number of nitro benzene ring substituents is 1. The van der Waals surface area contributed by atoms with Gasteiger partial charge in [-0.3, -0.25) is 10.1 Å². The van der Waals surface area contributed by atoms with Crippen LogP contribution in [0, 0.1) is 17.0 Å². The van der Waals surface area contributed by atoms with Crippen LogP contribution in [0.15, 0.2) is 30.3 Å². The average Bonchev–Trinajstić information content (AvgIpc) is 2.59. The molecule has 0 fully saturated rings. The molecule has 24 heavy (non-hydrogen) atoms. The van der Waals surface area contributed by atoms with E-state index in [0.717, 1.165) is 29.9 Å². The van der Waals surface area contributed by atoms with Gasteiger partial charge in [-0.05, 0) is 36.6 Å². The molecule has 0 atom stereocenters. The third kappa shape index (κ3) is 2.92. The fraction of sp³-hybridized carbons (Fsp3) is 0.294. The second-order valence-corrected chi connectivity index (χ2v) is 5.68. The van der Waals surface area contributed by atoms with E-state index in [1.807, 2.05) is 6.07 Å². The number of aryl methyl sites for hydroxylation is 1. The Labute approximate surface area is 139 Å². The highest BCUT2D eigenvalue weighted by atomic mass is 16.6. The molecule has 1 aromatic heterocycles. The van der Waals surface area contributed by atoms with Gasteiger partial charge >= 0.3 is 5.97 Å². The number of ether oxygens (including phenoxy) is 1. The maximum Gasteiger partial charge on any atom is 0.339 e. The van der Waals surface area contributed by atoms with Gasteiger partial charge in [0.1, 0.15) is 5.82 Å². The van der Waals surface area contributed by atoms with Gasteiger partial charge in [-0.1, -0.05) is 6.07 Å². The molecule has 124 valence electrons. The molecule has 3 rings (SSSR count). The Kier molecular flexibility index (Phi) is 4.16. The van der Waals surface area contributed by atoms with Crippen molar-refractivity contribution in [3.05, 3.63) is 62.8 Å². The quantitative estimate of drug-likeness (QED) is 0.489. The van der Waals surface area contributed by atoms with Gasteiger partial charge in [0.15, 0.2) is 0 Å². The number of nitro groups is 1. The molecule has 0 saturated heterocycles. The predicted molar refractivity (Wildman–Crippen MR) is 88.2 cm³/mol. The fourth-order valence-corrected chi connectivity index (χ4v) is 2.90. The van der Waals surface area contributed by atoms with Crippen molar-refractivity contribution in [1.29, 1.82) is 0 Å². The van der Waals surface area contributed by atoms with E-state index < -0.39 is 5.97 Å². The van der Waals surface area contributed by atoms with E-state index >= 15 is 0 Å². The van der Waals surface area contributed by atoms with Crippen molar-refractivity contribution in [3.8, 4) is 0 Å². The van der Waals surface area contributed by atoms with Crippen LogP contribution in [0.3, 0.4) is 0 Å². The summed E-state index contributed by atoms with van der Waals surface area (Å²) in [5.41, 5.74) is 3.20. The second-order valence-electron chi connectivity index (χ2n) is 5.68. The predicted octanol–water partition coefficient (Wildman–Crippen LogP) is 2.65. The van der Waals surface area contributed by atoms with Crippen molar-refractivity contribution < 1.29 is 14.5 Å². The van der Waals surface area contributed by atoms with E-state index in [0.29, 0.717) is 17.8 Å². The number of nitrogens with zero attached hydrogens (tertiary/aromatic N) is 3. The number of carbonyl (C=O) groups excluding carboxylic acids is 1. The van der Waals surface area contributed by atoms with E-state index in [1.54, 1.807) is 31.2 Å². The lowest BCUT2D eigenvalue weighted by Gasteiger charge is -2.30. The summed E-state index contributed by atoms with van der Waals surface area (Å²) in [6.07, 6.45) is 0.798. The van der Waals surface area contributed by atoms with E-state index in [1.165, 1.54) is 7.11 Å². The summed E-state index contributed by atoms with van der Waals surface area (Å²) >= 11 is 0. The number of esters is 1. The molecule has 0 amide bonds. The van der Waals surface area contributed by atoms with Gasteiger partial charge in [-0.25, -0.2) is 9.78 Å². The maximum absolute atomic E-state index is 11.6. The minimum absolute atomic E-state index is 0.0979. The van der Waals surface area contributed by atoms with E-state index in [-0.39, 0.29) is 10.6 Å². The number of carbonyl (C=O) groups is 1. The third-order valence-corrected chi connectivity index (χ3v) is 4.21. The Balaban J connectivity index is 1.87. The zero-order valence-electron chi connectivity index (χ0n) is 13.5. The van der Waals surface area contributed by atoms with Crippen LogP contribution in [-0.2, 0) is 17.7 Å². The molecule has 0 saturated carbocycles. The topological polar surface area (TPSA) is 85.6 Å². The van der Waals surface area contributed by atoms with E-state index in [9.17, 15) is 14.9 Å². The lowest BCUT2D eigenvalue weighted by molar-refractivity contribution is -0.384. The maximum atomic E-state index is 11.6. The van der Waals surface area contributed by atoms with Crippen molar-refractivity contribution in [2.75, 3.05) is 18.6 Å². The number of pyridine rings is 1. The summed E-state index contributed by atoms with van der Waals surface area (Å²) in [7, 11) is 1.34. The van der Waals surface area contributed by atoms with Gasteiger partial charge < -0.3 is 9.64 Å². The number of aromatic nitrogens is 1. The first-order valence-corrected chi connectivity index (χ1v) is 7.56. The zero-order valence-corrected chi connectivity index (χ0v) is 13.5. The molecule has 0 unspecified atom stereocenters. The highest BCUT2D eigenvalue weighted by molar-refractivity contribution is 5.90. The van der Waals surface area contributed by atoms with Gasteiger partial charge in [0.25, 0.3) is 5.69 Å². The zero-order chi connectivity index (χ0) is 17.3. The molecule has 1 aliphatic heterocycles. The molecule has 1 aromatic carbocycles. The first-order valence-electron chi connectivity index (χ1n) is 7.56. The Morgan fingerprint density at radius 2 is 2.08 bits per heavy atom. The van der Waals surface area contributed by atoms with Gasteiger partial charge in [-0.2, -0.15) is 0 Å². The van der Waals surface area contributed by atoms with Crippen LogP contribution in [0.4, 0.5) is 11.5 Å². The Morgan fingerprint density at radius 3 is 2.75 bits per heavy atom. The van der Waals surface area contributed by atoms with Crippen molar-refractivity contribution in [2.24, 2.45) is 0 Å². The molecule has 1 aliphatic rings. The molecule has 7 heteroatoms. The largest absolute Gasteiger partial charge is 0.465 e. The first kappa shape index (κ1) is 15.9. The SMILES string of the molecule is COC(=O)c1ccc(N2CCc3ccc([N+](=O)[O-])cc3C2)nc1C. The molecule has 0 spiro atoms. The summed E-state index contributed by atoms with van der Waals surface area (Å²) in [6, 6.07) is 8.47. The van der Waals surface area contributed by atoms with Crippen molar-refractivity contribution in [1.82, 2.24) is 4.98 Å². The molecular formula is C17H17N3O4. The number of rotatable bonds is 3. The smallest absolute Gasteiger partial charge is 0.339 e. The minimum Gasteiger partial charge on any atom is -0.465 e. The van der Waals surface area contributed by atoms with Gasteiger partial charge in [0.05, 0.1) is 23.3 Å². The minimum atomic E-state index is -0.411. The van der Waals surface area contributed by atoms with Crippen molar-refractivity contribution in [2.45, 2.75) is 19.9 Å². The van der Waals surface area contributed by atoms with E-state index in [4.69, 9.17) is 4.74 Å². The van der Waals surface area contributed by atoms with Crippen LogP contribution in [0.1, 0.15) is 27.2 Å². The van der Waals surface area contributed by atoms with Crippen LogP contribution in [0.5, 0.6) is 0 Å². The third-order valence-electron chi connectivity index (χ3n) is 4.21. The average molecular weight is 327 g/mol. The summed E-state index contributed by atoms with van der Waals surface area (Å²) in [4.78, 5) is 28.8. The Bertz CT molecular complexity index is 819. The van der Waals surface area contributed by atoms with E-state index in [2.05, 4.69) is 9.88 Å². The summed E-state index contributed by atoms with van der Waals surface area (Å²) in [5.74, 6) is 0.337. The summed E-state index contributed by atoms with van der Waals surface area (Å²) in [5, 5.41) is 10.9. The van der Waals surface area contributed by atoms with Gasteiger partial charge in [0.2, 0.25) is 0 Å². The number of methoxy groups -OCH3 is 1. The fourth-order valence-electron chi connectivity index (χ4n) is 2.90. The summed E-state index contributed by atoms with van der Waals surface area (Å²) in [6.45, 7) is 3.09. The molecule has 0 aliphatic carbocycles. The van der Waals surface area contributed by atoms with Crippen molar-refractivity contribution in [3.63, 3.8) is 0 Å². The van der Waals surface area contributed by atoms with Crippen LogP contribution >= 0.6 is 0 Å². The number of hydrogen-bond donors (Lipinski definition) is 0. The molecule has 2 aromatic rings. The number of hydrogen-bond acceptors (Lipinski definition) is 6. The molecule has 0 radical (unpaired) electrons. The molecule has 0 N–H and O–H groups in total. The number of non-ortho nitro benzene ring substituents is 1. The number of fused-ring (bicyclic) bond motifs is 1. The molecule has 0 bridgehead atoms. The monoisotopic (exact) mass is 327 g/mol. The van der Waals surface area contributed by atoms with Crippen LogP contribution in [0.2, 0.25) is 0 Å². The van der Waals surface area contributed by atoms with Crippen LogP contribution in [-0.4, -0.2) is 29.5 Å². The van der Waals surface area contributed by atoms with Crippen LogP contribution in [0.25, 0.3) is 0 Å². The highest BCUT2D eigenvalue weighted by Crippen LogP contribution is 2.27. The highest BCUT2D eigenvalue weighted by Gasteiger charge is 2.21. The molecule has 2 heterocycles. The lowest BCUT2D eigenvalue weighted by Crippen LogP contribution is -2.31. The standard InChI is InChI=1S/C17H17N3O4/c1-11-15(17(21)24-2)5-6-16(18-11)19-8-7-12-3-4-14(20(22)23)9-13(12)10-19/h3-6,9H,7-8,10H2,1-2H3. The second kappa shape index (κ2) is 6.27. The van der Waals surface area contributed by atoms with Crippen molar-refractivity contribution >= 4 is 17.5 Å². The first-order chi connectivity index (χ1) is 11.5. The van der Waals surface area contributed by atoms with Gasteiger partial charge in [-0.15, -0.1) is 0 Å². The Hall–Kier alpha value is -2.96. The number of anilines is 1. The molecular weight excluding hydrogens is 310 g/mol. The number of benzene rings is 1. The van der Waals surface area contributed by atoms with Gasteiger partial charge in [0, 0.05) is 25.2 Å². The Morgan fingerprint density at radius 1 is 1.29 bits per heavy atom. The van der Waals surface area contributed by atoms with Crippen LogP contribution < -0.4 is 4.90 Å². The molecule has 7 nitrogen and oxygen atoms in total. The lowest BCUT2D eigenvalue weighted by atomic mass is 9.99. The summed E-state index contributed by atoms with van der Waals surface area (Å²) < 4.78 is 4.73. The normalized spacial score (nSPS) is 13.3.